The van der Waals surface area contributed by atoms with Crippen molar-refractivity contribution < 1.29 is 4.39 Å². The second-order valence-electron chi connectivity index (χ2n) is 5.74. The molecular formula is C15H22FNS. The van der Waals surface area contributed by atoms with Crippen LogP contribution in [-0.4, -0.2) is 18.0 Å². The summed E-state index contributed by atoms with van der Waals surface area (Å²) in [6.07, 6.45) is 10.1. The zero-order valence-corrected chi connectivity index (χ0v) is 11.8. The van der Waals surface area contributed by atoms with Gasteiger partial charge in [-0.2, -0.15) is 0 Å². The smallest absolute Gasteiger partial charge is 0.138 e. The number of halogens is 1. The molecule has 18 heavy (non-hydrogen) atoms. The third-order valence-electron chi connectivity index (χ3n) is 4.68. The van der Waals surface area contributed by atoms with Gasteiger partial charge in [-0.15, -0.1) is 11.3 Å². The molecule has 1 aromatic heterocycles. The first-order valence-corrected chi connectivity index (χ1v) is 8.19. The lowest BCUT2D eigenvalue weighted by molar-refractivity contribution is 0.0307. The van der Waals surface area contributed by atoms with Crippen molar-refractivity contribution in [3.63, 3.8) is 0 Å². The van der Waals surface area contributed by atoms with E-state index in [0.717, 1.165) is 30.8 Å². The van der Waals surface area contributed by atoms with Crippen LogP contribution in [-0.2, 0) is 5.54 Å². The molecule has 1 aromatic rings. The van der Waals surface area contributed by atoms with Crippen LogP contribution in [0.15, 0.2) is 11.4 Å². The maximum Gasteiger partial charge on any atom is 0.138 e. The van der Waals surface area contributed by atoms with Gasteiger partial charge in [0.25, 0.3) is 0 Å². The van der Waals surface area contributed by atoms with E-state index in [1.54, 1.807) is 17.4 Å². The van der Waals surface area contributed by atoms with E-state index in [0.29, 0.717) is 0 Å². The summed E-state index contributed by atoms with van der Waals surface area (Å²) < 4.78 is 14.1. The van der Waals surface area contributed by atoms with Crippen molar-refractivity contribution in [3.05, 3.63) is 22.1 Å². The predicted octanol–water partition coefficient (Wildman–Crippen LogP) is 4.53. The van der Waals surface area contributed by atoms with Gasteiger partial charge in [0.05, 0.1) is 10.4 Å². The fraction of sp³-hybridized carbons (Fsp3) is 0.733. The van der Waals surface area contributed by atoms with Gasteiger partial charge in [-0.05, 0) is 50.2 Å². The number of likely N-dealkylation sites (tertiary alicyclic amines) is 1. The van der Waals surface area contributed by atoms with E-state index < -0.39 is 0 Å². The van der Waals surface area contributed by atoms with Gasteiger partial charge in [-0.1, -0.05) is 25.7 Å². The summed E-state index contributed by atoms with van der Waals surface area (Å²) in [6.45, 7) is 2.33. The fourth-order valence-electron chi connectivity index (χ4n) is 3.77. The lowest BCUT2D eigenvalue weighted by atomic mass is 9.78. The van der Waals surface area contributed by atoms with E-state index >= 15 is 0 Å². The van der Waals surface area contributed by atoms with Crippen molar-refractivity contribution in [2.45, 2.75) is 56.9 Å². The predicted molar refractivity (Wildman–Crippen MR) is 74.5 cm³/mol. The largest absolute Gasteiger partial charge is 0.293 e. The van der Waals surface area contributed by atoms with Crippen molar-refractivity contribution in [2.24, 2.45) is 0 Å². The van der Waals surface area contributed by atoms with Crippen molar-refractivity contribution in [3.8, 4) is 0 Å². The van der Waals surface area contributed by atoms with E-state index in [-0.39, 0.29) is 11.4 Å². The molecule has 3 rings (SSSR count). The summed E-state index contributed by atoms with van der Waals surface area (Å²) in [4.78, 5) is 3.62. The summed E-state index contributed by atoms with van der Waals surface area (Å²) in [5.41, 5.74) is 0.0386. The number of hydrogen-bond acceptors (Lipinski definition) is 2. The van der Waals surface area contributed by atoms with Gasteiger partial charge in [0.1, 0.15) is 5.82 Å². The Morgan fingerprint density at radius 1 is 1.00 bits per heavy atom. The van der Waals surface area contributed by atoms with Crippen molar-refractivity contribution in [1.29, 1.82) is 0 Å². The van der Waals surface area contributed by atoms with Gasteiger partial charge in [0.15, 0.2) is 0 Å². The highest BCUT2D eigenvalue weighted by Crippen LogP contribution is 2.46. The summed E-state index contributed by atoms with van der Waals surface area (Å²) in [6, 6.07) is 1.65. The Morgan fingerprint density at radius 3 is 2.28 bits per heavy atom. The van der Waals surface area contributed by atoms with E-state index in [2.05, 4.69) is 4.90 Å². The first kappa shape index (κ1) is 12.6. The van der Waals surface area contributed by atoms with Crippen LogP contribution >= 0.6 is 11.3 Å². The Morgan fingerprint density at radius 2 is 1.67 bits per heavy atom. The number of thiophene rings is 1. The second kappa shape index (κ2) is 5.30. The van der Waals surface area contributed by atoms with Crippen LogP contribution in [0.25, 0.3) is 0 Å². The highest BCUT2D eigenvalue weighted by atomic mass is 32.1. The van der Waals surface area contributed by atoms with Gasteiger partial charge in [-0.3, -0.25) is 4.90 Å². The molecule has 3 heteroatoms. The first-order chi connectivity index (χ1) is 8.83. The van der Waals surface area contributed by atoms with Gasteiger partial charge in [0, 0.05) is 0 Å². The molecule has 0 unspecified atom stereocenters. The summed E-state index contributed by atoms with van der Waals surface area (Å²) in [5, 5.41) is 1.92. The Hall–Kier alpha value is -0.410. The minimum atomic E-state index is 0.0347. The molecule has 2 aliphatic rings. The summed E-state index contributed by atoms with van der Waals surface area (Å²) in [7, 11) is 0. The summed E-state index contributed by atoms with van der Waals surface area (Å²) in [5.74, 6) is 0.0347. The molecule has 0 N–H and O–H groups in total. The van der Waals surface area contributed by atoms with Crippen molar-refractivity contribution in [2.75, 3.05) is 13.1 Å². The molecule has 0 radical (unpaired) electrons. The molecule has 1 nitrogen and oxygen atoms in total. The third-order valence-corrected chi connectivity index (χ3v) is 5.76. The molecule has 2 heterocycles. The second-order valence-corrected chi connectivity index (χ2v) is 6.65. The average Bonchev–Trinajstić information content (AvgIpc) is 2.87. The molecule has 1 aliphatic carbocycles. The molecule has 2 fully saturated rings. The van der Waals surface area contributed by atoms with Crippen LogP contribution in [0.5, 0.6) is 0 Å². The first-order valence-electron chi connectivity index (χ1n) is 7.31. The Balaban J connectivity index is 1.94. The van der Waals surface area contributed by atoms with Crippen LogP contribution in [0.4, 0.5) is 4.39 Å². The number of piperidine rings is 1. The molecule has 0 atom stereocenters. The van der Waals surface area contributed by atoms with Crippen molar-refractivity contribution in [1.82, 2.24) is 4.90 Å². The minimum absolute atomic E-state index is 0.0347. The van der Waals surface area contributed by atoms with E-state index in [9.17, 15) is 4.39 Å². The van der Waals surface area contributed by atoms with Gasteiger partial charge in [-0.25, -0.2) is 4.39 Å². The molecule has 100 valence electrons. The zero-order chi connectivity index (χ0) is 12.4. The van der Waals surface area contributed by atoms with Crippen LogP contribution in [0.2, 0.25) is 0 Å². The minimum Gasteiger partial charge on any atom is -0.293 e. The normalized spacial score (nSPS) is 25.2. The van der Waals surface area contributed by atoms with E-state index in [4.69, 9.17) is 0 Å². The van der Waals surface area contributed by atoms with Gasteiger partial charge in [0.2, 0.25) is 0 Å². The molecule has 0 spiro atoms. The fourth-order valence-corrected chi connectivity index (χ4v) is 4.83. The number of rotatable bonds is 2. The topological polar surface area (TPSA) is 3.24 Å². The highest BCUT2D eigenvalue weighted by Gasteiger charge is 2.42. The Labute approximate surface area is 113 Å². The molecule has 1 aliphatic heterocycles. The lowest BCUT2D eigenvalue weighted by Crippen LogP contribution is -2.49. The van der Waals surface area contributed by atoms with E-state index in [1.165, 1.54) is 38.5 Å². The van der Waals surface area contributed by atoms with Gasteiger partial charge >= 0.3 is 0 Å². The lowest BCUT2D eigenvalue weighted by Gasteiger charge is -2.47. The van der Waals surface area contributed by atoms with Crippen LogP contribution in [0.1, 0.15) is 56.2 Å². The van der Waals surface area contributed by atoms with E-state index in [1.807, 2.05) is 5.38 Å². The molecule has 0 bridgehead atoms. The molecule has 0 aromatic carbocycles. The van der Waals surface area contributed by atoms with Crippen LogP contribution in [0.3, 0.4) is 0 Å². The SMILES string of the molecule is Fc1ccsc1C1(N2CCCCC2)CCCCC1. The maximum absolute atomic E-state index is 14.1. The molecule has 1 saturated heterocycles. The quantitative estimate of drug-likeness (QED) is 0.761. The maximum atomic E-state index is 14.1. The Kier molecular flexibility index (Phi) is 3.71. The summed E-state index contributed by atoms with van der Waals surface area (Å²) >= 11 is 1.63. The van der Waals surface area contributed by atoms with Crippen molar-refractivity contribution >= 4 is 11.3 Å². The number of nitrogens with zero attached hydrogens (tertiary/aromatic N) is 1. The monoisotopic (exact) mass is 267 g/mol. The highest BCUT2D eigenvalue weighted by molar-refractivity contribution is 7.10. The average molecular weight is 267 g/mol. The molecule has 0 amide bonds. The van der Waals surface area contributed by atoms with Crippen LogP contribution < -0.4 is 0 Å². The standard InChI is InChI=1S/C15H22FNS/c16-13-7-12-18-14(13)15(8-3-1-4-9-15)17-10-5-2-6-11-17/h7,12H,1-6,8-11H2. The zero-order valence-electron chi connectivity index (χ0n) is 11.0. The molecular weight excluding hydrogens is 245 g/mol. The molecule has 1 saturated carbocycles. The number of hydrogen-bond donors (Lipinski definition) is 0. The van der Waals surface area contributed by atoms with Crippen LogP contribution in [0, 0.1) is 5.82 Å². The Bertz CT molecular complexity index is 389. The third kappa shape index (κ3) is 2.12. The van der Waals surface area contributed by atoms with Gasteiger partial charge < -0.3 is 0 Å².